The van der Waals surface area contributed by atoms with E-state index in [1.165, 1.54) is 0 Å². The van der Waals surface area contributed by atoms with Gasteiger partial charge < -0.3 is 24.3 Å². The summed E-state index contributed by atoms with van der Waals surface area (Å²) < 4.78 is 21.7. The van der Waals surface area contributed by atoms with Crippen LogP contribution in [0.5, 0.6) is 17.2 Å². The molecule has 7 nitrogen and oxygen atoms in total. The zero-order valence-electron chi connectivity index (χ0n) is 18.1. The van der Waals surface area contributed by atoms with Crippen molar-refractivity contribution in [1.82, 2.24) is 10.2 Å². The summed E-state index contributed by atoms with van der Waals surface area (Å²) in [5, 5.41) is 3.08. The average molecular weight is 415 g/mol. The van der Waals surface area contributed by atoms with E-state index >= 15 is 0 Å². The summed E-state index contributed by atoms with van der Waals surface area (Å²) in [4.78, 5) is 15.1. The summed E-state index contributed by atoms with van der Waals surface area (Å²) in [5.41, 5.74) is 2.62. The molecule has 1 aliphatic heterocycles. The van der Waals surface area contributed by atoms with Crippen molar-refractivity contribution >= 4 is 5.91 Å². The summed E-state index contributed by atoms with van der Waals surface area (Å²) in [6.45, 7) is 5.36. The van der Waals surface area contributed by atoms with Crippen molar-refractivity contribution in [3.8, 4) is 17.2 Å². The molecule has 0 spiro atoms. The number of amides is 1. The van der Waals surface area contributed by atoms with E-state index in [0.29, 0.717) is 42.6 Å². The topological polar surface area (TPSA) is 69.3 Å². The molecule has 1 amide bonds. The van der Waals surface area contributed by atoms with Gasteiger partial charge in [-0.05, 0) is 42.3 Å². The van der Waals surface area contributed by atoms with E-state index in [1.54, 1.807) is 27.4 Å². The molecular weight excluding hydrogens is 384 g/mol. The number of hydrogen-bond acceptors (Lipinski definition) is 6. The van der Waals surface area contributed by atoms with Gasteiger partial charge in [-0.25, -0.2) is 0 Å². The highest BCUT2D eigenvalue weighted by Crippen LogP contribution is 2.32. The van der Waals surface area contributed by atoms with Crippen LogP contribution >= 0.6 is 0 Å². The summed E-state index contributed by atoms with van der Waals surface area (Å²) in [7, 11) is 4.85. The van der Waals surface area contributed by atoms with Gasteiger partial charge in [0.25, 0.3) is 5.91 Å². The van der Waals surface area contributed by atoms with E-state index in [4.69, 9.17) is 18.9 Å². The van der Waals surface area contributed by atoms with Crippen molar-refractivity contribution < 1.29 is 23.7 Å². The van der Waals surface area contributed by atoms with E-state index in [0.717, 1.165) is 24.2 Å². The van der Waals surface area contributed by atoms with E-state index in [9.17, 15) is 4.79 Å². The Hall–Kier alpha value is -2.77. The molecule has 1 saturated heterocycles. The zero-order chi connectivity index (χ0) is 21.5. The molecule has 0 aromatic heterocycles. The van der Waals surface area contributed by atoms with Crippen LogP contribution in [-0.4, -0.2) is 65.0 Å². The van der Waals surface area contributed by atoms with Crippen molar-refractivity contribution in [3.05, 3.63) is 53.1 Å². The highest BCUT2D eigenvalue weighted by Gasteiger charge is 2.24. The highest BCUT2D eigenvalue weighted by atomic mass is 16.5. The molecule has 7 heteroatoms. The first-order valence-electron chi connectivity index (χ1n) is 10.0. The number of nitrogens with one attached hydrogen (secondary N) is 1. The lowest BCUT2D eigenvalue weighted by atomic mass is 10.0. The molecule has 1 heterocycles. The fraction of sp³-hybridized carbons (Fsp3) is 0.435. The van der Waals surface area contributed by atoms with E-state index in [2.05, 4.69) is 10.2 Å². The van der Waals surface area contributed by atoms with Crippen molar-refractivity contribution in [1.29, 1.82) is 0 Å². The minimum atomic E-state index is -0.132. The van der Waals surface area contributed by atoms with Gasteiger partial charge >= 0.3 is 0 Å². The largest absolute Gasteiger partial charge is 0.496 e. The molecule has 0 saturated carbocycles. The lowest BCUT2D eigenvalue weighted by molar-refractivity contribution is 0.0162. The number of aryl methyl sites for hydroxylation is 1. The maximum Gasteiger partial charge on any atom is 0.251 e. The molecule has 0 bridgehead atoms. The van der Waals surface area contributed by atoms with Crippen molar-refractivity contribution in [3.63, 3.8) is 0 Å². The highest BCUT2D eigenvalue weighted by molar-refractivity contribution is 5.94. The lowest BCUT2D eigenvalue weighted by Gasteiger charge is -2.35. The number of morpholine rings is 1. The maximum absolute atomic E-state index is 12.8. The van der Waals surface area contributed by atoms with Crippen LogP contribution < -0.4 is 19.5 Å². The van der Waals surface area contributed by atoms with Gasteiger partial charge in [0.15, 0.2) is 11.5 Å². The second-order valence-electron chi connectivity index (χ2n) is 7.17. The first-order chi connectivity index (χ1) is 14.6. The van der Waals surface area contributed by atoms with Crippen molar-refractivity contribution in [2.75, 3.05) is 54.2 Å². The maximum atomic E-state index is 12.8. The van der Waals surface area contributed by atoms with Gasteiger partial charge in [0.1, 0.15) is 5.75 Å². The normalized spacial score (nSPS) is 15.3. The molecule has 0 aliphatic carbocycles. The monoisotopic (exact) mass is 414 g/mol. The predicted octanol–water partition coefficient (Wildman–Crippen LogP) is 2.82. The van der Waals surface area contributed by atoms with Crippen LogP contribution in [0.25, 0.3) is 0 Å². The van der Waals surface area contributed by atoms with Gasteiger partial charge in [-0.3, -0.25) is 9.69 Å². The van der Waals surface area contributed by atoms with Crippen LogP contribution in [0.4, 0.5) is 0 Å². The second-order valence-corrected chi connectivity index (χ2v) is 7.17. The number of hydrogen-bond donors (Lipinski definition) is 1. The molecule has 3 rings (SSSR count). The summed E-state index contributed by atoms with van der Waals surface area (Å²) in [5.74, 6) is 1.92. The number of benzene rings is 2. The number of carbonyl (C=O) groups excluding carboxylic acids is 1. The Morgan fingerprint density at radius 2 is 1.70 bits per heavy atom. The first kappa shape index (κ1) is 21.9. The molecule has 30 heavy (non-hydrogen) atoms. The Labute approximate surface area is 177 Å². The molecule has 1 unspecified atom stereocenters. The minimum absolute atomic E-state index is 0.00926. The number of methoxy groups -OCH3 is 3. The molecule has 1 N–H and O–H groups in total. The van der Waals surface area contributed by atoms with Crippen LogP contribution in [0, 0.1) is 6.92 Å². The summed E-state index contributed by atoms with van der Waals surface area (Å²) in [6.07, 6.45) is 0. The number of carbonyl (C=O) groups is 1. The standard InChI is InChI=1S/C23H30N2O5/c1-16-5-6-18(14-21(16)28-3)23(26)24-15-19(25-9-11-30-12-10-25)17-7-8-20(27-2)22(13-17)29-4/h5-8,13-14,19H,9-12,15H2,1-4H3,(H,24,26). The molecular formula is C23H30N2O5. The van der Waals surface area contributed by atoms with Crippen LogP contribution in [0.3, 0.4) is 0 Å². The van der Waals surface area contributed by atoms with Gasteiger partial charge in [-0.2, -0.15) is 0 Å². The Balaban J connectivity index is 1.80. The molecule has 1 aliphatic rings. The molecule has 162 valence electrons. The fourth-order valence-corrected chi connectivity index (χ4v) is 3.66. The van der Waals surface area contributed by atoms with Gasteiger partial charge in [0, 0.05) is 25.2 Å². The Bertz CT molecular complexity index is 865. The van der Waals surface area contributed by atoms with Gasteiger partial charge in [0.2, 0.25) is 0 Å². The third kappa shape index (κ3) is 5.04. The Morgan fingerprint density at radius 3 is 2.37 bits per heavy atom. The van der Waals surface area contributed by atoms with Gasteiger partial charge in [-0.1, -0.05) is 12.1 Å². The quantitative estimate of drug-likeness (QED) is 0.716. The van der Waals surface area contributed by atoms with Crippen LogP contribution in [0.15, 0.2) is 36.4 Å². The number of rotatable bonds is 8. The first-order valence-corrected chi connectivity index (χ1v) is 10.0. The molecule has 2 aromatic carbocycles. The van der Waals surface area contributed by atoms with E-state index in [1.807, 2.05) is 37.3 Å². The average Bonchev–Trinajstić information content (AvgIpc) is 2.79. The number of ether oxygens (including phenoxy) is 4. The molecule has 2 aromatic rings. The number of nitrogens with zero attached hydrogens (tertiary/aromatic N) is 1. The zero-order valence-corrected chi connectivity index (χ0v) is 18.1. The van der Waals surface area contributed by atoms with Crippen LogP contribution in [-0.2, 0) is 4.74 Å². The van der Waals surface area contributed by atoms with E-state index < -0.39 is 0 Å². The van der Waals surface area contributed by atoms with Crippen LogP contribution in [0.1, 0.15) is 27.5 Å². The molecule has 1 atom stereocenters. The van der Waals surface area contributed by atoms with Crippen molar-refractivity contribution in [2.24, 2.45) is 0 Å². The smallest absolute Gasteiger partial charge is 0.251 e. The molecule has 1 fully saturated rings. The lowest BCUT2D eigenvalue weighted by Crippen LogP contribution is -2.43. The van der Waals surface area contributed by atoms with Gasteiger partial charge in [0.05, 0.1) is 40.6 Å². The van der Waals surface area contributed by atoms with Crippen molar-refractivity contribution in [2.45, 2.75) is 13.0 Å². The van der Waals surface area contributed by atoms with E-state index in [-0.39, 0.29) is 11.9 Å². The third-order valence-corrected chi connectivity index (χ3v) is 5.41. The molecule has 0 radical (unpaired) electrons. The Kier molecular flexibility index (Phi) is 7.54. The SMILES string of the molecule is COc1cc(C(=O)NCC(c2ccc(OC)c(OC)c2)N2CCOCC2)ccc1C. The fourth-order valence-electron chi connectivity index (χ4n) is 3.66. The Morgan fingerprint density at radius 1 is 1.00 bits per heavy atom. The second kappa shape index (κ2) is 10.3. The summed E-state index contributed by atoms with van der Waals surface area (Å²) in [6, 6.07) is 11.3. The predicted molar refractivity (Wildman–Crippen MR) is 115 cm³/mol. The van der Waals surface area contributed by atoms with Crippen LogP contribution in [0.2, 0.25) is 0 Å². The third-order valence-electron chi connectivity index (χ3n) is 5.41. The summed E-state index contributed by atoms with van der Waals surface area (Å²) >= 11 is 0. The van der Waals surface area contributed by atoms with Gasteiger partial charge in [-0.15, -0.1) is 0 Å². The minimum Gasteiger partial charge on any atom is -0.496 e.